The zero-order chi connectivity index (χ0) is 14.5. The highest BCUT2D eigenvalue weighted by atomic mass is 35.5. The van der Waals surface area contributed by atoms with Crippen molar-refractivity contribution in [3.05, 3.63) is 38.8 Å². The fraction of sp³-hybridized carbons (Fsp3) is 0.500. The lowest BCUT2D eigenvalue weighted by molar-refractivity contribution is 0.182. The summed E-state index contributed by atoms with van der Waals surface area (Å²) in [6.45, 7) is 3.48. The van der Waals surface area contributed by atoms with Crippen molar-refractivity contribution in [1.29, 1.82) is 0 Å². The second kappa shape index (κ2) is 7.22. The predicted molar refractivity (Wildman–Crippen MR) is 83.7 cm³/mol. The van der Waals surface area contributed by atoms with Crippen LogP contribution >= 0.6 is 22.9 Å². The molecule has 1 N–H and O–H groups in total. The fourth-order valence-corrected chi connectivity index (χ4v) is 3.66. The number of aromatic nitrogens is 2. The molecule has 0 saturated carbocycles. The average molecular weight is 314 g/mol. The topological polar surface area (TPSA) is 39.1 Å². The van der Waals surface area contributed by atoms with E-state index in [1.165, 1.54) is 10.4 Å². The Balaban J connectivity index is 2.39. The first-order valence-corrected chi connectivity index (χ1v) is 7.92. The molecule has 0 aromatic carbocycles. The third-order valence-electron chi connectivity index (χ3n) is 3.33. The quantitative estimate of drug-likeness (QED) is 0.853. The van der Waals surface area contributed by atoms with Crippen LogP contribution in [0.3, 0.4) is 0 Å². The van der Waals surface area contributed by atoms with Crippen LogP contribution in [0.2, 0.25) is 5.02 Å². The Morgan fingerprint density at radius 3 is 3.00 bits per heavy atom. The lowest BCUT2D eigenvalue weighted by Crippen LogP contribution is -2.23. The van der Waals surface area contributed by atoms with Gasteiger partial charge >= 0.3 is 0 Å². The predicted octanol–water partition coefficient (Wildman–Crippen LogP) is 3.12. The third kappa shape index (κ3) is 3.06. The van der Waals surface area contributed by atoms with E-state index in [0.717, 1.165) is 12.1 Å². The van der Waals surface area contributed by atoms with Gasteiger partial charge in [0.15, 0.2) is 0 Å². The first-order chi connectivity index (χ1) is 9.72. The molecule has 4 nitrogen and oxygen atoms in total. The smallest absolute Gasteiger partial charge is 0.0857 e. The molecule has 6 heteroatoms. The second-order valence-electron chi connectivity index (χ2n) is 4.48. The maximum absolute atomic E-state index is 6.35. The summed E-state index contributed by atoms with van der Waals surface area (Å²) >= 11 is 8.10. The highest BCUT2D eigenvalue weighted by molar-refractivity contribution is 7.10. The monoisotopic (exact) mass is 313 g/mol. The minimum absolute atomic E-state index is 0.0665. The molecular weight excluding hydrogens is 294 g/mol. The molecule has 1 unspecified atom stereocenters. The zero-order valence-corrected chi connectivity index (χ0v) is 13.6. The van der Waals surface area contributed by atoms with Crippen molar-refractivity contribution >= 4 is 22.9 Å². The van der Waals surface area contributed by atoms with Crippen LogP contribution < -0.4 is 5.32 Å². The van der Waals surface area contributed by atoms with Crippen LogP contribution in [0.5, 0.6) is 0 Å². The van der Waals surface area contributed by atoms with Crippen molar-refractivity contribution in [2.24, 2.45) is 0 Å². The van der Waals surface area contributed by atoms with Crippen molar-refractivity contribution in [2.45, 2.75) is 25.9 Å². The molecule has 1 atom stereocenters. The largest absolute Gasteiger partial charge is 0.383 e. The molecule has 2 aromatic heterocycles. The average Bonchev–Trinajstić information content (AvgIpc) is 3.06. The van der Waals surface area contributed by atoms with Crippen LogP contribution in [0.15, 0.2) is 17.6 Å². The number of ether oxygens (including phenoxy) is 1. The van der Waals surface area contributed by atoms with Gasteiger partial charge in [0.1, 0.15) is 0 Å². The molecule has 0 radical (unpaired) electrons. The zero-order valence-electron chi connectivity index (χ0n) is 12.0. The van der Waals surface area contributed by atoms with Crippen molar-refractivity contribution in [3.63, 3.8) is 0 Å². The third-order valence-corrected chi connectivity index (χ3v) is 4.64. The van der Waals surface area contributed by atoms with Crippen LogP contribution in [0.25, 0.3) is 0 Å². The second-order valence-corrected chi connectivity index (χ2v) is 5.83. The summed E-state index contributed by atoms with van der Waals surface area (Å²) in [6.07, 6.45) is 2.72. The maximum Gasteiger partial charge on any atom is 0.0857 e. The molecule has 2 heterocycles. The Labute approximate surface area is 128 Å². The molecule has 2 rings (SSSR count). The fourth-order valence-electron chi connectivity index (χ4n) is 2.30. The minimum Gasteiger partial charge on any atom is -0.383 e. The molecule has 20 heavy (non-hydrogen) atoms. The molecule has 0 amide bonds. The van der Waals surface area contributed by atoms with Crippen LogP contribution in [0.4, 0.5) is 0 Å². The minimum atomic E-state index is 0.0665. The Morgan fingerprint density at radius 2 is 2.35 bits per heavy atom. The van der Waals surface area contributed by atoms with E-state index >= 15 is 0 Å². The van der Waals surface area contributed by atoms with Crippen LogP contribution in [-0.2, 0) is 17.7 Å². The number of hydrogen-bond acceptors (Lipinski definition) is 4. The summed E-state index contributed by atoms with van der Waals surface area (Å²) in [5.74, 6) is 0. The number of halogens is 1. The van der Waals surface area contributed by atoms with Gasteiger partial charge in [-0.3, -0.25) is 4.68 Å². The highest BCUT2D eigenvalue weighted by Crippen LogP contribution is 2.33. The van der Waals surface area contributed by atoms with Gasteiger partial charge in [-0.25, -0.2) is 0 Å². The highest BCUT2D eigenvalue weighted by Gasteiger charge is 2.23. The Hall–Kier alpha value is -0.880. The molecule has 0 bridgehead atoms. The number of rotatable bonds is 7. The first-order valence-electron chi connectivity index (χ1n) is 6.66. The number of nitrogens with zero attached hydrogens (tertiary/aromatic N) is 2. The summed E-state index contributed by atoms with van der Waals surface area (Å²) < 4.78 is 7.06. The van der Waals surface area contributed by atoms with E-state index in [-0.39, 0.29) is 6.04 Å². The molecule has 0 aliphatic rings. The van der Waals surface area contributed by atoms with Gasteiger partial charge < -0.3 is 10.1 Å². The van der Waals surface area contributed by atoms with Gasteiger partial charge in [0.25, 0.3) is 0 Å². The maximum atomic E-state index is 6.35. The summed E-state index contributed by atoms with van der Waals surface area (Å²) in [4.78, 5) is 1.30. The molecule has 2 aromatic rings. The lowest BCUT2D eigenvalue weighted by atomic mass is 10.1. The van der Waals surface area contributed by atoms with E-state index < -0.39 is 0 Å². The molecule has 0 aliphatic carbocycles. The van der Waals surface area contributed by atoms with Gasteiger partial charge in [0.2, 0.25) is 0 Å². The van der Waals surface area contributed by atoms with Gasteiger partial charge in [-0.2, -0.15) is 5.10 Å². The van der Waals surface area contributed by atoms with E-state index in [4.69, 9.17) is 16.3 Å². The number of methoxy groups -OCH3 is 1. The van der Waals surface area contributed by atoms with Gasteiger partial charge in [-0.05, 0) is 30.5 Å². The molecule has 110 valence electrons. The van der Waals surface area contributed by atoms with E-state index in [2.05, 4.69) is 28.8 Å². The summed E-state index contributed by atoms with van der Waals surface area (Å²) in [7, 11) is 3.64. The van der Waals surface area contributed by atoms with Crippen LogP contribution in [-0.4, -0.2) is 30.5 Å². The number of aryl methyl sites for hydroxylation is 1. The summed E-state index contributed by atoms with van der Waals surface area (Å²) in [5.41, 5.74) is 2.35. The standard InChI is InChI=1S/C14H20ClN3OS/c1-4-10-5-8-20-14(10)12(16-2)13-11(15)9-17-18(13)6-7-19-3/h5,8-9,12,16H,4,6-7H2,1-3H3. The summed E-state index contributed by atoms with van der Waals surface area (Å²) in [6, 6.07) is 2.24. The van der Waals surface area contributed by atoms with Crippen molar-refractivity contribution < 1.29 is 4.74 Å². The lowest BCUT2D eigenvalue weighted by Gasteiger charge is -2.19. The Bertz CT molecular complexity index is 552. The number of nitrogens with one attached hydrogen (secondary N) is 1. The van der Waals surface area contributed by atoms with E-state index in [9.17, 15) is 0 Å². The molecule has 0 saturated heterocycles. The molecule has 0 spiro atoms. The van der Waals surface area contributed by atoms with Gasteiger partial charge in [0, 0.05) is 12.0 Å². The number of hydrogen-bond donors (Lipinski definition) is 1. The number of thiophene rings is 1. The van der Waals surface area contributed by atoms with Gasteiger partial charge in [-0.1, -0.05) is 18.5 Å². The van der Waals surface area contributed by atoms with E-state index in [0.29, 0.717) is 18.2 Å². The van der Waals surface area contributed by atoms with Crippen molar-refractivity contribution in [2.75, 3.05) is 20.8 Å². The van der Waals surface area contributed by atoms with Gasteiger partial charge in [-0.15, -0.1) is 11.3 Å². The Morgan fingerprint density at radius 1 is 1.55 bits per heavy atom. The SMILES string of the molecule is CCc1ccsc1C(NC)c1c(Cl)cnn1CCOC. The van der Waals surface area contributed by atoms with Crippen molar-refractivity contribution in [3.8, 4) is 0 Å². The van der Waals surface area contributed by atoms with Crippen molar-refractivity contribution in [1.82, 2.24) is 15.1 Å². The summed E-state index contributed by atoms with van der Waals surface area (Å²) in [5, 5.41) is 10.5. The van der Waals surface area contributed by atoms with Crippen LogP contribution in [0, 0.1) is 0 Å². The van der Waals surface area contributed by atoms with Gasteiger partial charge in [0.05, 0.1) is 36.1 Å². The first kappa shape index (κ1) is 15.5. The Kier molecular flexibility index (Phi) is 5.60. The van der Waals surface area contributed by atoms with Crippen LogP contribution in [0.1, 0.15) is 29.1 Å². The molecule has 0 aliphatic heterocycles. The molecule has 0 fully saturated rings. The van der Waals surface area contributed by atoms with E-state index in [1.54, 1.807) is 24.6 Å². The van der Waals surface area contributed by atoms with E-state index in [1.807, 2.05) is 11.7 Å². The molecular formula is C14H20ClN3OS. The normalized spacial score (nSPS) is 12.8.